The van der Waals surface area contributed by atoms with Gasteiger partial charge in [-0.2, -0.15) is 13.2 Å². The summed E-state index contributed by atoms with van der Waals surface area (Å²) >= 11 is 0. The van der Waals surface area contributed by atoms with Gasteiger partial charge >= 0.3 is 24.0 Å². The van der Waals surface area contributed by atoms with Crippen molar-refractivity contribution in [1.82, 2.24) is 0 Å². The van der Waals surface area contributed by atoms with Crippen LogP contribution in [-0.4, -0.2) is 43.1 Å². The standard InChI is InChI=1S/C22H21F3N2O6/c1-2-3-11-32-19(29)14-7-9-16(10-8-14)26-18(28)13-33-20(30)15-5-4-6-17(12-15)27-21(31)22(23,24)25/h4-10,12H,2-3,11,13H2,1H3,(H,26,28)(H,27,31). The lowest BCUT2D eigenvalue weighted by Crippen LogP contribution is -2.30. The van der Waals surface area contributed by atoms with E-state index in [1.165, 1.54) is 36.4 Å². The topological polar surface area (TPSA) is 111 Å². The number of rotatable bonds is 9. The van der Waals surface area contributed by atoms with Crippen molar-refractivity contribution in [3.8, 4) is 0 Å². The molecular weight excluding hydrogens is 445 g/mol. The molecule has 0 radical (unpaired) electrons. The van der Waals surface area contributed by atoms with E-state index in [1.807, 2.05) is 6.92 Å². The van der Waals surface area contributed by atoms with Crippen molar-refractivity contribution in [1.29, 1.82) is 0 Å². The van der Waals surface area contributed by atoms with Crippen LogP contribution in [-0.2, 0) is 19.1 Å². The second-order valence-electron chi connectivity index (χ2n) is 6.72. The maximum atomic E-state index is 12.3. The lowest BCUT2D eigenvalue weighted by molar-refractivity contribution is -0.167. The molecule has 2 rings (SSSR count). The zero-order chi connectivity index (χ0) is 24.4. The predicted molar refractivity (Wildman–Crippen MR) is 112 cm³/mol. The maximum Gasteiger partial charge on any atom is 0.471 e. The van der Waals surface area contributed by atoms with E-state index in [1.54, 1.807) is 5.32 Å². The average Bonchev–Trinajstić information content (AvgIpc) is 2.77. The van der Waals surface area contributed by atoms with Crippen molar-refractivity contribution >= 4 is 35.1 Å². The first-order chi connectivity index (χ1) is 15.6. The number of alkyl halides is 3. The average molecular weight is 466 g/mol. The molecule has 0 aliphatic carbocycles. The first kappa shape index (κ1) is 25.4. The number of carbonyl (C=O) groups is 4. The smallest absolute Gasteiger partial charge is 0.462 e. The van der Waals surface area contributed by atoms with Gasteiger partial charge in [0.15, 0.2) is 6.61 Å². The minimum atomic E-state index is -5.08. The molecule has 176 valence electrons. The Hall–Kier alpha value is -3.89. The Morgan fingerprint density at radius 1 is 0.848 bits per heavy atom. The minimum absolute atomic E-state index is 0.159. The number of ether oxygens (including phenoxy) is 2. The van der Waals surface area contributed by atoms with E-state index < -0.39 is 36.5 Å². The lowest BCUT2D eigenvalue weighted by atomic mass is 10.2. The number of amides is 2. The van der Waals surface area contributed by atoms with Crippen LogP contribution in [0, 0.1) is 0 Å². The highest BCUT2D eigenvalue weighted by molar-refractivity contribution is 5.98. The van der Waals surface area contributed by atoms with E-state index in [4.69, 9.17) is 9.47 Å². The van der Waals surface area contributed by atoms with E-state index >= 15 is 0 Å². The van der Waals surface area contributed by atoms with Gasteiger partial charge in [-0.25, -0.2) is 9.59 Å². The third kappa shape index (κ3) is 8.28. The van der Waals surface area contributed by atoms with E-state index in [2.05, 4.69) is 5.32 Å². The fourth-order valence-corrected chi connectivity index (χ4v) is 2.42. The van der Waals surface area contributed by atoms with Gasteiger partial charge in [-0.15, -0.1) is 0 Å². The Balaban J connectivity index is 1.86. The van der Waals surface area contributed by atoms with Crippen LogP contribution >= 0.6 is 0 Å². The molecule has 8 nitrogen and oxygen atoms in total. The minimum Gasteiger partial charge on any atom is -0.462 e. The molecule has 0 aliphatic rings. The maximum absolute atomic E-state index is 12.3. The predicted octanol–water partition coefficient (Wildman–Crippen LogP) is 3.94. The molecule has 11 heteroatoms. The summed E-state index contributed by atoms with van der Waals surface area (Å²) in [6, 6.07) is 10.5. The van der Waals surface area contributed by atoms with Crippen molar-refractivity contribution in [2.45, 2.75) is 25.9 Å². The van der Waals surface area contributed by atoms with Crippen LogP contribution in [0.25, 0.3) is 0 Å². The van der Waals surface area contributed by atoms with Gasteiger partial charge in [0, 0.05) is 11.4 Å². The fourth-order valence-electron chi connectivity index (χ4n) is 2.42. The Labute approximate surface area is 187 Å². The molecule has 0 unspecified atom stereocenters. The Morgan fingerprint density at radius 2 is 1.52 bits per heavy atom. The normalized spacial score (nSPS) is 10.8. The highest BCUT2D eigenvalue weighted by Crippen LogP contribution is 2.19. The van der Waals surface area contributed by atoms with Crippen LogP contribution in [0.2, 0.25) is 0 Å². The summed E-state index contributed by atoms with van der Waals surface area (Å²) < 4.78 is 46.9. The van der Waals surface area contributed by atoms with E-state index in [-0.39, 0.29) is 11.3 Å². The lowest BCUT2D eigenvalue weighted by Gasteiger charge is -2.10. The number of benzene rings is 2. The second-order valence-corrected chi connectivity index (χ2v) is 6.72. The van der Waals surface area contributed by atoms with E-state index in [0.29, 0.717) is 17.9 Å². The number of esters is 2. The monoisotopic (exact) mass is 466 g/mol. The molecule has 0 saturated heterocycles. The molecular formula is C22H21F3N2O6. The molecule has 33 heavy (non-hydrogen) atoms. The highest BCUT2D eigenvalue weighted by atomic mass is 19.4. The van der Waals surface area contributed by atoms with Crippen LogP contribution in [0.1, 0.15) is 40.5 Å². The molecule has 0 atom stereocenters. The molecule has 2 amide bonds. The first-order valence-electron chi connectivity index (χ1n) is 9.82. The molecule has 0 aliphatic heterocycles. The molecule has 0 saturated carbocycles. The van der Waals surface area contributed by atoms with Crippen LogP contribution < -0.4 is 10.6 Å². The van der Waals surface area contributed by atoms with E-state index in [9.17, 15) is 32.3 Å². The van der Waals surface area contributed by atoms with Crippen molar-refractivity contribution in [2.75, 3.05) is 23.8 Å². The van der Waals surface area contributed by atoms with Crippen LogP contribution in [0.4, 0.5) is 24.5 Å². The largest absolute Gasteiger partial charge is 0.471 e. The summed E-state index contributed by atoms with van der Waals surface area (Å²) in [5.41, 5.74) is 0.240. The quantitative estimate of drug-likeness (QED) is 0.428. The van der Waals surface area contributed by atoms with Gasteiger partial charge in [-0.1, -0.05) is 19.4 Å². The van der Waals surface area contributed by atoms with Gasteiger partial charge in [0.1, 0.15) is 0 Å². The number of hydrogen-bond donors (Lipinski definition) is 2. The molecule has 0 bridgehead atoms. The summed E-state index contributed by atoms with van der Waals surface area (Å²) in [5, 5.41) is 4.09. The molecule has 0 fully saturated rings. The number of anilines is 2. The number of nitrogens with one attached hydrogen (secondary N) is 2. The summed E-state index contributed by atoms with van der Waals surface area (Å²) in [7, 11) is 0. The van der Waals surface area contributed by atoms with Crippen LogP contribution in [0.15, 0.2) is 48.5 Å². The van der Waals surface area contributed by atoms with Crippen LogP contribution in [0.5, 0.6) is 0 Å². The SMILES string of the molecule is CCCCOC(=O)c1ccc(NC(=O)COC(=O)c2cccc(NC(=O)C(F)(F)F)c2)cc1. The fraction of sp³-hybridized carbons (Fsp3) is 0.273. The molecule has 0 aromatic heterocycles. The molecule has 0 heterocycles. The van der Waals surface area contributed by atoms with Gasteiger partial charge in [0.05, 0.1) is 17.7 Å². The first-order valence-corrected chi connectivity index (χ1v) is 9.82. The number of unbranched alkanes of at least 4 members (excludes halogenated alkanes) is 1. The van der Waals surface area contributed by atoms with Gasteiger partial charge in [0.2, 0.25) is 0 Å². The Bertz CT molecular complexity index is 1010. The number of carbonyl (C=O) groups excluding carboxylic acids is 4. The van der Waals surface area contributed by atoms with Gasteiger partial charge in [-0.05, 0) is 48.9 Å². The van der Waals surface area contributed by atoms with Gasteiger partial charge in [0.25, 0.3) is 5.91 Å². The zero-order valence-electron chi connectivity index (χ0n) is 17.5. The summed E-state index contributed by atoms with van der Waals surface area (Å²) in [6.07, 6.45) is -3.43. The number of hydrogen-bond acceptors (Lipinski definition) is 6. The Morgan fingerprint density at radius 3 is 2.15 bits per heavy atom. The second kappa shape index (κ2) is 11.7. The zero-order valence-corrected chi connectivity index (χ0v) is 17.5. The van der Waals surface area contributed by atoms with Crippen molar-refractivity contribution < 1.29 is 41.8 Å². The van der Waals surface area contributed by atoms with Crippen molar-refractivity contribution in [2.24, 2.45) is 0 Å². The molecule has 2 aromatic carbocycles. The summed E-state index contributed by atoms with van der Waals surface area (Å²) in [4.78, 5) is 46.9. The molecule has 2 N–H and O–H groups in total. The molecule has 2 aromatic rings. The third-order valence-corrected chi connectivity index (χ3v) is 4.08. The van der Waals surface area contributed by atoms with Crippen molar-refractivity contribution in [3.05, 3.63) is 59.7 Å². The summed E-state index contributed by atoms with van der Waals surface area (Å²) in [5.74, 6) is -4.32. The van der Waals surface area contributed by atoms with Gasteiger partial charge < -0.3 is 20.1 Å². The van der Waals surface area contributed by atoms with Crippen molar-refractivity contribution in [3.63, 3.8) is 0 Å². The van der Waals surface area contributed by atoms with E-state index in [0.717, 1.165) is 25.0 Å². The number of halogens is 3. The summed E-state index contributed by atoms with van der Waals surface area (Å²) in [6.45, 7) is 1.62. The highest BCUT2D eigenvalue weighted by Gasteiger charge is 2.38. The molecule has 0 spiro atoms. The van der Waals surface area contributed by atoms with Crippen LogP contribution in [0.3, 0.4) is 0 Å². The third-order valence-electron chi connectivity index (χ3n) is 4.08. The Kier molecular flexibility index (Phi) is 8.96. The van der Waals surface area contributed by atoms with Gasteiger partial charge in [-0.3, -0.25) is 9.59 Å².